The van der Waals surface area contributed by atoms with Gasteiger partial charge in [0.25, 0.3) is 0 Å². The van der Waals surface area contributed by atoms with Gasteiger partial charge in [-0.15, -0.1) is 0 Å². The summed E-state index contributed by atoms with van der Waals surface area (Å²) in [7, 11) is 3.19. The smallest absolute Gasteiger partial charge is 0.320 e. The number of carbonyl (C=O) groups excluding carboxylic acids is 1. The lowest BCUT2D eigenvalue weighted by molar-refractivity contribution is -0.153. The fourth-order valence-electron chi connectivity index (χ4n) is 1.79. The molecular formula is C15H22BrNO4. The first-order valence-corrected chi connectivity index (χ1v) is 7.39. The molecule has 0 aliphatic heterocycles. The Hall–Kier alpha value is -1.27. The minimum atomic E-state index is -0.480. The molecule has 6 heteroatoms. The molecule has 0 heterocycles. The molecule has 1 rings (SSSR count). The van der Waals surface area contributed by atoms with E-state index in [-0.39, 0.29) is 12.5 Å². The number of esters is 1. The molecule has 0 saturated carbocycles. The Morgan fingerprint density at radius 3 is 2.14 bits per heavy atom. The van der Waals surface area contributed by atoms with Crippen molar-refractivity contribution >= 4 is 21.9 Å². The van der Waals surface area contributed by atoms with Gasteiger partial charge in [0, 0.05) is 16.6 Å². The first-order chi connectivity index (χ1) is 9.76. The average molecular weight is 360 g/mol. The first kappa shape index (κ1) is 17.8. The predicted molar refractivity (Wildman–Crippen MR) is 84.8 cm³/mol. The zero-order chi connectivity index (χ0) is 16.0. The van der Waals surface area contributed by atoms with Crippen LogP contribution in [0.15, 0.2) is 16.6 Å². The quantitative estimate of drug-likeness (QED) is 0.791. The van der Waals surface area contributed by atoms with Gasteiger partial charge in [-0.25, -0.2) is 0 Å². The largest absolute Gasteiger partial charge is 0.496 e. The molecule has 0 saturated heterocycles. The summed E-state index contributed by atoms with van der Waals surface area (Å²) >= 11 is 3.40. The van der Waals surface area contributed by atoms with Crippen molar-refractivity contribution in [1.82, 2.24) is 5.32 Å². The fraction of sp³-hybridized carbons (Fsp3) is 0.533. The topological polar surface area (TPSA) is 56.8 Å². The van der Waals surface area contributed by atoms with E-state index in [1.165, 1.54) is 0 Å². The molecule has 0 amide bonds. The Labute approximate surface area is 134 Å². The number of carbonyl (C=O) groups is 1. The van der Waals surface area contributed by atoms with Crippen LogP contribution in [-0.2, 0) is 16.1 Å². The Kier molecular flexibility index (Phi) is 6.48. The van der Waals surface area contributed by atoms with Crippen molar-refractivity contribution in [3.8, 4) is 11.5 Å². The van der Waals surface area contributed by atoms with E-state index in [0.29, 0.717) is 18.0 Å². The second-order valence-corrected chi connectivity index (χ2v) is 6.39. The number of methoxy groups -OCH3 is 2. The van der Waals surface area contributed by atoms with Crippen molar-refractivity contribution in [2.24, 2.45) is 0 Å². The van der Waals surface area contributed by atoms with Gasteiger partial charge in [-0.1, -0.05) is 15.9 Å². The van der Waals surface area contributed by atoms with Gasteiger partial charge in [0.2, 0.25) is 0 Å². The number of nitrogens with one attached hydrogen (secondary N) is 1. The molecule has 1 aromatic carbocycles. The molecule has 0 fully saturated rings. The highest BCUT2D eigenvalue weighted by Gasteiger charge is 2.17. The highest BCUT2D eigenvalue weighted by molar-refractivity contribution is 9.10. The van der Waals surface area contributed by atoms with Gasteiger partial charge in [-0.05, 0) is 32.9 Å². The van der Waals surface area contributed by atoms with E-state index in [1.807, 2.05) is 32.9 Å². The SMILES string of the molecule is COc1cc(Br)cc(OC)c1CNCC(=O)OC(C)(C)C. The van der Waals surface area contributed by atoms with Crippen LogP contribution < -0.4 is 14.8 Å². The van der Waals surface area contributed by atoms with Gasteiger partial charge >= 0.3 is 5.97 Å². The summed E-state index contributed by atoms with van der Waals surface area (Å²) in [6.07, 6.45) is 0. The third-order valence-corrected chi connectivity index (χ3v) is 3.02. The maximum atomic E-state index is 11.7. The number of hydrogen-bond acceptors (Lipinski definition) is 5. The van der Waals surface area contributed by atoms with Gasteiger partial charge in [-0.3, -0.25) is 4.79 Å². The number of benzene rings is 1. The van der Waals surface area contributed by atoms with Crippen LogP contribution in [0.2, 0.25) is 0 Å². The van der Waals surface area contributed by atoms with Crippen molar-refractivity contribution in [3.05, 3.63) is 22.2 Å². The molecule has 0 bridgehead atoms. The highest BCUT2D eigenvalue weighted by Crippen LogP contribution is 2.32. The van der Waals surface area contributed by atoms with Crippen LogP contribution in [0.5, 0.6) is 11.5 Å². The Morgan fingerprint density at radius 2 is 1.71 bits per heavy atom. The molecule has 0 aliphatic carbocycles. The van der Waals surface area contributed by atoms with Crippen LogP contribution in [-0.4, -0.2) is 32.3 Å². The van der Waals surface area contributed by atoms with Crippen molar-refractivity contribution in [2.45, 2.75) is 32.9 Å². The molecule has 1 N–H and O–H groups in total. The Balaban J connectivity index is 2.69. The summed E-state index contributed by atoms with van der Waals surface area (Å²) in [5.74, 6) is 1.09. The lowest BCUT2D eigenvalue weighted by Crippen LogP contribution is -2.31. The zero-order valence-electron chi connectivity index (χ0n) is 13.1. The molecular weight excluding hydrogens is 338 g/mol. The fourth-order valence-corrected chi connectivity index (χ4v) is 2.21. The van der Waals surface area contributed by atoms with Gasteiger partial charge < -0.3 is 19.5 Å². The highest BCUT2D eigenvalue weighted by atomic mass is 79.9. The van der Waals surface area contributed by atoms with E-state index in [2.05, 4.69) is 21.2 Å². The van der Waals surface area contributed by atoms with Gasteiger partial charge in [0.05, 0.1) is 20.8 Å². The maximum absolute atomic E-state index is 11.7. The van der Waals surface area contributed by atoms with E-state index < -0.39 is 5.60 Å². The zero-order valence-corrected chi connectivity index (χ0v) is 14.7. The predicted octanol–water partition coefficient (Wildman–Crippen LogP) is 2.90. The van der Waals surface area contributed by atoms with Gasteiger partial charge in [0.1, 0.15) is 17.1 Å². The maximum Gasteiger partial charge on any atom is 0.320 e. The third kappa shape index (κ3) is 5.93. The molecule has 0 radical (unpaired) electrons. The van der Waals surface area contributed by atoms with Crippen LogP contribution >= 0.6 is 15.9 Å². The minimum absolute atomic E-state index is 0.125. The van der Waals surface area contributed by atoms with Crippen molar-refractivity contribution in [1.29, 1.82) is 0 Å². The van der Waals surface area contributed by atoms with Crippen molar-refractivity contribution in [2.75, 3.05) is 20.8 Å². The average Bonchev–Trinajstić information content (AvgIpc) is 2.37. The van der Waals surface area contributed by atoms with E-state index in [0.717, 1.165) is 10.0 Å². The summed E-state index contributed by atoms with van der Waals surface area (Å²) in [6.45, 7) is 6.08. The molecule has 118 valence electrons. The summed E-state index contributed by atoms with van der Waals surface area (Å²) in [5.41, 5.74) is 0.373. The number of ether oxygens (including phenoxy) is 3. The van der Waals surface area contributed by atoms with E-state index in [1.54, 1.807) is 14.2 Å². The second-order valence-electron chi connectivity index (χ2n) is 5.48. The van der Waals surface area contributed by atoms with Crippen LogP contribution in [0.1, 0.15) is 26.3 Å². The first-order valence-electron chi connectivity index (χ1n) is 6.60. The van der Waals surface area contributed by atoms with Crippen LogP contribution in [0.4, 0.5) is 0 Å². The van der Waals surface area contributed by atoms with Gasteiger partial charge in [-0.2, -0.15) is 0 Å². The number of rotatable bonds is 6. The third-order valence-electron chi connectivity index (χ3n) is 2.56. The van der Waals surface area contributed by atoms with Crippen LogP contribution in [0, 0.1) is 0 Å². The molecule has 0 spiro atoms. The lowest BCUT2D eigenvalue weighted by Gasteiger charge is -2.20. The second kappa shape index (κ2) is 7.66. The van der Waals surface area contributed by atoms with E-state index in [9.17, 15) is 4.79 Å². The minimum Gasteiger partial charge on any atom is -0.496 e. The van der Waals surface area contributed by atoms with E-state index >= 15 is 0 Å². The molecule has 21 heavy (non-hydrogen) atoms. The van der Waals surface area contributed by atoms with Crippen molar-refractivity contribution in [3.63, 3.8) is 0 Å². The summed E-state index contributed by atoms with van der Waals surface area (Å²) in [5, 5.41) is 3.04. The van der Waals surface area contributed by atoms with Crippen molar-refractivity contribution < 1.29 is 19.0 Å². The monoisotopic (exact) mass is 359 g/mol. The van der Waals surface area contributed by atoms with E-state index in [4.69, 9.17) is 14.2 Å². The molecule has 0 aromatic heterocycles. The molecule has 0 aliphatic rings. The summed E-state index contributed by atoms with van der Waals surface area (Å²) in [4.78, 5) is 11.7. The lowest BCUT2D eigenvalue weighted by atomic mass is 10.1. The summed E-state index contributed by atoms with van der Waals surface area (Å²) < 4.78 is 16.8. The number of halogens is 1. The normalized spacial score (nSPS) is 11.1. The van der Waals surface area contributed by atoms with Gasteiger partial charge in [0.15, 0.2) is 0 Å². The standard InChI is InChI=1S/C15H22BrNO4/c1-15(2,3)21-14(18)9-17-8-11-12(19-4)6-10(16)7-13(11)20-5/h6-7,17H,8-9H2,1-5H3. The molecule has 0 atom stereocenters. The van der Waals surface area contributed by atoms with Crippen LogP contribution in [0.3, 0.4) is 0 Å². The summed E-state index contributed by atoms with van der Waals surface area (Å²) in [6, 6.07) is 3.71. The van der Waals surface area contributed by atoms with Crippen LogP contribution in [0.25, 0.3) is 0 Å². The molecule has 1 aromatic rings. The molecule has 0 unspecified atom stereocenters. The Morgan fingerprint density at radius 1 is 1.19 bits per heavy atom. The Bertz CT molecular complexity index is 472. The molecule has 5 nitrogen and oxygen atoms in total. The number of hydrogen-bond donors (Lipinski definition) is 1.